The topological polar surface area (TPSA) is 0 Å². The summed E-state index contributed by atoms with van der Waals surface area (Å²) in [6.45, 7) is 0. The van der Waals surface area contributed by atoms with Crippen LogP contribution in [0, 0.1) is 0 Å². The fourth-order valence-electron chi connectivity index (χ4n) is 0.420. The Morgan fingerprint density at radius 2 is 1.80 bits per heavy atom. The van der Waals surface area contributed by atoms with Gasteiger partial charge in [0.25, 0.3) is 0 Å². The SMILES string of the molecule is FC(CCCBr)C(F)(F)F. The molecule has 0 rings (SSSR count). The van der Waals surface area contributed by atoms with Gasteiger partial charge in [0, 0.05) is 5.33 Å². The second-order valence-corrected chi connectivity index (χ2v) is 2.63. The van der Waals surface area contributed by atoms with Crippen LogP contribution in [0.2, 0.25) is 0 Å². The van der Waals surface area contributed by atoms with E-state index in [2.05, 4.69) is 15.9 Å². The molecule has 0 radical (unpaired) electrons. The van der Waals surface area contributed by atoms with Crippen molar-refractivity contribution in [3.63, 3.8) is 0 Å². The van der Waals surface area contributed by atoms with Gasteiger partial charge in [-0.25, -0.2) is 4.39 Å². The standard InChI is InChI=1S/C5H7BrF4/c6-3-1-2-4(7)5(8,9)10/h4H,1-3H2. The highest BCUT2D eigenvalue weighted by Crippen LogP contribution is 2.26. The van der Waals surface area contributed by atoms with Gasteiger partial charge in [0.05, 0.1) is 0 Å². The minimum absolute atomic E-state index is 0.209. The third kappa shape index (κ3) is 4.09. The third-order valence-corrected chi connectivity index (χ3v) is 1.51. The third-order valence-electron chi connectivity index (χ3n) is 0.946. The first-order valence-corrected chi connectivity index (χ1v) is 3.87. The van der Waals surface area contributed by atoms with Crippen molar-refractivity contribution in [2.45, 2.75) is 25.2 Å². The Morgan fingerprint density at radius 1 is 1.30 bits per heavy atom. The highest BCUT2D eigenvalue weighted by Gasteiger charge is 2.39. The van der Waals surface area contributed by atoms with Crippen molar-refractivity contribution in [2.24, 2.45) is 0 Å². The molecular formula is C5H7BrF4. The molecule has 0 aliphatic carbocycles. The van der Waals surface area contributed by atoms with Crippen molar-refractivity contribution >= 4 is 15.9 Å². The van der Waals surface area contributed by atoms with Gasteiger partial charge in [-0.3, -0.25) is 0 Å². The van der Waals surface area contributed by atoms with Gasteiger partial charge in [0.15, 0.2) is 6.17 Å². The maximum Gasteiger partial charge on any atom is 0.419 e. The van der Waals surface area contributed by atoms with Crippen molar-refractivity contribution in [1.29, 1.82) is 0 Å². The molecule has 0 amide bonds. The van der Waals surface area contributed by atoms with Gasteiger partial charge >= 0.3 is 6.18 Å². The fraction of sp³-hybridized carbons (Fsp3) is 1.00. The number of halogens is 5. The minimum Gasteiger partial charge on any atom is -0.237 e. The summed E-state index contributed by atoms with van der Waals surface area (Å²) >= 11 is 2.91. The quantitative estimate of drug-likeness (QED) is 0.509. The van der Waals surface area contributed by atoms with E-state index in [1.807, 2.05) is 0 Å². The second kappa shape index (κ2) is 4.16. The lowest BCUT2D eigenvalue weighted by atomic mass is 10.2. The van der Waals surface area contributed by atoms with Gasteiger partial charge in [-0.1, -0.05) is 15.9 Å². The van der Waals surface area contributed by atoms with E-state index < -0.39 is 18.8 Å². The van der Waals surface area contributed by atoms with Crippen LogP contribution < -0.4 is 0 Å². The summed E-state index contributed by atoms with van der Waals surface area (Å²) in [6.07, 6.45) is -7.58. The Bertz CT molecular complexity index is 90.1. The van der Waals surface area contributed by atoms with E-state index in [1.54, 1.807) is 0 Å². The van der Waals surface area contributed by atoms with Gasteiger partial charge in [-0.15, -0.1) is 0 Å². The second-order valence-electron chi connectivity index (χ2n) is 1.84. The first kappa shape index (κ1) is 10.2. The van der Waals surface area contributed by atoms with Crippen LogP contribution in [0.15, 0.2) is 0 Å². The highest BCUT2D eigenvalue weighted by molar-refractivity contribution is 9.09. The van der Waals surface area contributed by atoms with Gasteiger partial charge in [0.1, 0.15) is 0 Å². The molecule has 0 aromatic carbocycles. The van der Waals surface area contributed by atoms with E-state index in [-0.39, 0.29) is 6.42 Å². The lowest BCUT2D eigenvalue weighted by Gasteiger charge is -2.10. The van der Waals surface area contributed by atoms with Crippen LogP contribution in [0.5, 0.6) is 0 Å². The Kier molecular flexibility index (Phi) is 4.24. The average Bonchev–Trinajstić information content (AvgIpc) is 1.80. The van der Waals surface area contributed by atoms with Crippen LogP contribution in [0.4, 0.5) is 17.6 Å². The molecule has 0 aromatic rings. The van der Waals surface area contributed by atoms with Crippen LogP contribution in [-0.2, 0) is 0 Å². The van der Waals surface area contributed by atoms with Gasteiger partial charge in [-0.2, -0.15) is 13.2 Å². The molecule has 0 aliphatic rings. The maximum atomic E-state index is 12.0. The summed E-state index contributed by atoms with van der Waals surface area (Å²) in [5.41, 5.74) is 0. The largest absolute Gasteiger partial charge is 0.419 e. The lowest BCUT2D eigenvalue weighted by molar-refractivity contribution is -0.181. The van der Waals surface area contributed by atoms with Crippen LogP contribution in [0.25, 0.3) is 0 Å². The molecule has 1 atom stereocenters. The van der Waals surface area contributed by atoms with Crippen LogP contribution in [0.3, 0.4) is 0 Å². The summed E-state index contributed by atoms with van der Waals surface area (Å²) in [4.78, 5) is 0. The molecule has 0 bridgehead atoms. The minimum atomic E-state index is -4.68. The van der Waals surface area contributed by atoms with Gasteiger partial charge in [0.2, 0.25) is 0 Å². The maximum absolute atomic E-state index is 12.0. The number of alkyl halides is 5. The molecule has 0 N–H and O–H groups in total. The summed E-state index contributed by atoms with van der Waals surface area (Å²) in [6, 6.07) is 0. The molecule has 62 valence electrons. The van der Waals surface area contributed by atoms with E-state index in [4.69, 9.17) is 0 Å². The Balaban J connectivity index is 3.52. The lowest BCUT2D eigenvalue weighted by Crippen LogP contribution is -2.24. The van der Waals surface area contributed by atoms with Crippen LogP contribution in [-0.4, -0.2) is 17.7 Å². The summed E-state index contributed by atoms with van der Waals surface area (Å²) in [5.74, 6) is 0. The first-order chi connectivity index (χ1) is 4.48. The smallest absolute Gasteiger partial charge is 0.237 e. The molecule has 0 aromatic heterocycles. The Hall–Kier alpha value is 0.200. The average molecular weight is 223 g/mol. The molecule has 5 heteroatoms. The zero-order chi connectivity index (χ0) is 8.20. The molecular weight excluding hydrogens is 216 g/mol. The predicted molar refractivity (Wildman–Crippen MR) is 34.0 cm³/mol. The molecule has 0 nitrogen and oxygen atoms in total. The molecule has 0 fully saturated rings. The van der Waals surface area contributed by atoms with Crippen molar-refractivity contribution in [3.05, 3.63) is 0 Å². The van der Waals surface area contributed by atoms with Gasteiger partial charge in [-0.05, 0) is 12.8 Å². The molecule has 0 aliphatic heterocycles. The van der Waals surface area contributed by atoms with Gasteiger partial charge < -0.3 is 0 Å². The van der Waals surface area contributed by atoms with E-state index >= 15 is 0 Å². The first-order valence-electron chi connectivity index (χ1n) is 2.75. The number of hydrogen-bond donors (Lipinski definition) is 0. The van der Waals surface area contributed by atoms with E-state index in [1.165, 1.54) is 0 Å². The summed E-state index contributed by atoms with van der Waals surface area (Å²) < 4.78 is 46.1. The number of rotatable bonds is 3. The Morgan fingerprint density at radius 3 is 2.10 bits per heavy atom. The summed E-state index contributed by atoms with van der Waals surface area (Å²) in [5, 5.41) is 0.406. The van der Waals surface area contributed by atoms with E-state index in [0.29, 0.717) is 5.33 Å². The van der Waals surface area contributed by atoms with E-state index in [0.717, 1.165) is 0 Å². The number of hydrogen-bond acceptors (Lipinski definition) is 0. The summed E-state index contributed by atoms with van der Waals surface area (Å²) in [7, 11) is 0. The van der Waals surface area contributed by atoms with Crippen LogP contribution in [0.1, 0.15) is 12.8 Å². The van der Waals surface area contributed by atoms with Crippen LogP contribution >= 0.6 is 15.9 Å². The molecule has 0 saturated heterocycles. The van der Waals surface area contributed by atoms with Crippen molar-refractivity contribution in [3.8, 4) is 0 Å². The van der Waals surface area contributed by atoms with Crippen molar-refractivity contribution in [2.75, 3.05) is 5.33 Å². The monoisotopic (exact) mass is 222 g/mol. The molecule has 10 heavy (non-hydrogen) atoms. The predicted octanol–water partition coefficient (Wildman–Crippen LogP) is 3.06. The highest BCUT2D eigenvalue weighted by atomic mass is 79.9. The van der Waals surface area contributed by atoms with Crippen molar-refractivity contribution < 1.29 is 17.6 Å². The Labute approximate surface area is 64.7 Å². The molecule has 0 spiro atoms. The van der Waals surface area contributed by atoms with E-state index in [9.17, 15) is 17.6 Å². The molecule has 0 heterocycles. The fourth-order valence-corrected chi connectivity index (χ4v) is 0.744. The normalized spacial score (nSPS) is 15.3. The molecule has 0 saturated carbocycles. The zero-order valence-corrected chi connectivity index (χ0v) is 6.67. The van der Waals surface area contributed by atoms with Crippen molar-refractivity contribution in [1.82, 2.24) is 0 Å². The molecule has 1 unspecified atom stereocenters. The zero-order valence-electron chi connectivity index (χ0n) is 5.09.